The fourth-order valence-electron chi connectivity index (χ4n) is 2.99. The maximum absolute atomic E-state index is 11.7. The summed E-state index contributed by atoms with van der Waals surface area (Å²) in [7, 11) is 0. The van der Waals surface area contributed by atoms with Gasteiger partial charge in [-0.05, 0) is 62.4 Å². The number of halogens is 1. The van der Waals surface area contributed by atoms with Gasteiger partial charge in [0, 0.05) is 32.3 Å². The molecule has 8 nitrogen and oxygen atoms in total. The molecular formula is C24H35IN4O4. The van der Waals surface area contributed by atoms with Gasteiger partial charge in [0.05, 0.1) is 6.26 Å². The molecule has 1 amide bonds. The minimum atomic E-state index is -0.0555. The van der Waals surface area contributed by atoms with Gasteiger partial charge < -0.3 is 29.8 Å². The molecule has 182 valence electrons. The Morgan fingerprint density at radius 1 is 1.18 bits per heavy atom. The second kappa shape index (κ2) is 15.5. The van der Waals surface area contributed by atoms with Crippen molar-refractivity contribution >= 4 is 35.8 Å². The fourth-order valence-corrected chi connectivity index (χ4v) is 2.99. The number of guanidine groups is 1. The molecule has 1 saturated carbocycles. The Balaban J connectivity index is 0.00000385. The summed E-state index contributed by atoms with van der Waals surface area (Å²) in [4.78, 5) is 16.3. The highest BCUT2D eigenvalue weighted by Gasteiger charge is 2.23. The van der Waals surface area contributed by atoms with E-state index in [4.69, 9.17) is 13.9 Å². The zero-order valence-electron chi connectivity index (χ0n) is 19.2. The first-order chi connectivity index (χ1) is 15.7. The zero-order chi connectivity index (χ0) is 22.4. The first kappa shape index (κ1) is 27.0. The Morgan fingerprint density at radius 3 is 2.70 bits per heavy atom. The summed E-state index contributed by atoms with van der Waals surface area (Å²) in [5.41, 5.74) is 1.19. The summed E-state index contributed by atoms with van der Waals surface area (Å²) in [6, 6.07) is 12.0. The number of hydrogen-bond donors (Lipinski definition) is 3. The predicted octanol–water partition coefficient (Wildman–Crippen LogP) is 3.26. The van der Waals surface area contributed by atoms with Crippen molar-refractivity contribution in [3.63, 3.8) is 0 Å². The van der Waals surface area contributed by atoms with Crippen LogP contribution in [0.2, 0.25) is 0 Å². The molecule has 9 heteroatoms. The van der Waals surface area contributed by atoms with Crippen LogP contribution in [0.1, 0.15) is 37.5 Å². The number of rotatable bonds is 14. The van der Waals surface area contributed by atoms with Crippen molar-refractivity contribution in [1.82, 2.24) is 16.0 Å². The molecule has 1 aliphatic carbocycles. The lowest BCUT2D eigenvalue weighted by Gasteiger charge is -2.12. The van der Waals surface area contributed by atoms with Crippen LogP contribution in [0.3, 0.4) is 0 Å². The summed E-state index contributed by atoms with van der Waals surface area (Å²) in [6.07, 6.45) is 5.51. The van der Waals surface area contributed by atoms with Gasteiger partial charge in [0.25, 0.3) is 5.91 Å². The molecule has 1 heterocycles. The second-order valence-corrected chi connectivity index (χ2v) is 7.70. The van der Waals surface area contributed by atoms with E-state index in [0.29, 0.717) is 31.5 Å². The molecule has 3 N–H and O–H groups in total. The number of benzene rings is 1. The standard InChI is InChI=1S/C24H34N4O4.HI/c1-2-25-24(26-13-4-15-30-17-22-5-3-16-31-22)27-14-12-19-6-10-21(11-7-19)32-18-23(29)28-20-8-9-20;/h3,5-7,10-11,16,20H,2,4,8-9,12-15,17-18H2,1H3,(H,28,29)(H2,25,26,27);1H. The summed E-state index contributed by atoms with van der Waals surface area (Å²) in [6.45, 7) is 5.51. The number of nitrogens with zero attached hydrogens (tertiary/aromatic N) is 1. The van der Waals surface area contributed by atoms with E-state index in [2.05, 4.69) is 20.9 Å². The number of aliphatic imine (C=N–C) groups is 1. The highest BCUT2D eigenvalue weighted by molar-refractivity contribution is 14.0. The van der Waals surface area contributed by atoms with Crippen LogP contribution < -0.4 is 20.7 Å². The molecule has 0 unspecified atom stereocenters. The second-order valence-electron chi connectivity index (χ2n) is 7.70. The van der Waals surface area contributed by atoms with Crippen LogP contribution >= 0.6 is 24.0 Å². The van der Waals surface area contributed by atoms with Gasteiger partial charge in [-0.15, -0.1) is 24.0 Å². The lowest BCUT2D eigenvalue weighted by atomic mass is 10.1. The number of nitrogens with one attached hydrogen (secondary N) is 3. The minimum Gasteiger partial charge on any atom is -0.484 e. The Labute approximate surface area is 212 Å². The highest BCUT2D eigenvalue weighted by atomic mass is 127. The third-order valence-corrected chi connectivity index (χ3v) is 4.83. The van der Waals surface area contributed by atoms with Gasteiger partial charge in [-0.2, -0.15) is 0 Å². The number of hydrogen-bond acceptors (Lipinski definition) is 5. The lowest BCUT2D eigenvalue weighted by Crippen LogP contribution is -2.38. The monoisotopic (exact) mass is 570 g/mol. The first-order valence-corrected chi connectivity index (χ1v) is 11.4. The Morgan fingerprint density at radius 2 is 2.00 bits per heavy atom. The molecule has 1 fully saturated rings. The number of carbonyl (C=O) groups excluding carboxylic acids is 1. The molecule has 0 atom stereocenters. The van der Waals surface area contributed by atoms with Gasteiger partial charge in [0.15, 0.2) is 12.6 Å². The van der Waals surface area contributed by atoms with E-state index in [1.807, 2.05) is 43.3 Å². The molecule has 0 radical (unpaired) electrons. The molecule has 1 aromatic heterocycles. The van der Waals surface area contributed by atoms with Gasteiger partial charge in [-0.25, -0.2) is 0 Å². The quantitative estimate of drug-likeness (QED) is 0.140. The zero-order valence-corrected chi connectivity index (χ0v) is 21.5. The van der Waals surface area contributed by atoms with Crippen molar-refractivity contribution < 1.29 is 18.7 Å². The van der Waals surface area contributed by atoms with E-state index < -0.39 is 0 Å². The Kier molecular flexibility index (Phi) is 12.7. The van der Waals surface area contributed by atoms with Gasteiger partial charge in [-0.1, -0.05) is 12.1 Å². The number of amides is 1. The van der Waals surface area contributed by atoms with Gasteiger partial charge >= 0.3 is 0 Å². The van der Waals surface area contributed by atoms with Crippen LogP contribution in [-0.2, 0) is 22.6 Å². The maximum atomic E-state index is 11.7. The molecule has 0 spiro atoms. The normalized spacial score (nSPS) is 13.2. The first-order valence-electron chi connectivity index (χ1n) is 11.4. The SMILES string of the molecule is CCNC(=NCCCOCc1ccco1)NCCc1ccc(OCC(=O)NC2CC2)cc1.I. The molecule has 1 aliphatic rings. The van der Waals surface area contributed by atoms with Gasteiger partial charge in [0.1, 0.15) is 18.1 Å². The average molecular weight is 570 g/mol. The molecular weight excluding hydrogens is 535 g/mol. The number of carbonyl (C=O) groups is 1. The van der Waals surface area contributed by atoms with E-state index in [0.717, 1.165) is 50.5 Å². The highest BCUT2D eigenvalue weighted by Crippen LogP contribution is 2.18. The molecule has 2 aromatic rings. The van der Waals surface area contributed by atoms with Crippen molar-refractivity contribution in [3.05, 3.63) is 54.0 Å². The molecule has 0 bridgehead atoms. The largest absolute Gasteiger partial charge is 0.484 e. The van der Waals surface area contributed by atoms with Crippen molar-refractivity contribution in [2.24, 2.45) is 4.99 Å². The lowest BCUT2D eigenvalue weighted by molar-refractivity contribution is -0.123. The van der Waals surface area contributed by atoms with E-state index in [1.165, 1.54) is 5.56 Å². The number of ether oxygens (including phenoxy) is 2. The van der Waals surface area contributed by atoms with Crippen LogP contribution in [0, 0.1) is 0 Å². The summed E-state index contributed by atoms with van der Waals surface area (Å²) < 4.78 is 16.4. The maximum Gasteiger partial charge on any atom is 0.258 e. The molecule has 0 saturated heterocycles. The Bertz CT molecular complexity index is 823. The molecule has 3 rings (SSSR count). The van der Waals surface area contributed by atoms with Crippen LogP contribution in [0.15, 0.2) is 52.1 Å². The van der Waals surface area contributed by atoms with Gasteiger partial charge in [0.2, 0.25) is 0 Å². The van der Waals surface area contributed by atoms with Crippen LogP contribution in [0.5, 0.6) is 5.75 Å². The third kappa shape index (κ3) is 11.4. The number of furan rings is 1. The molecule has 1 aromatic carbocycles. The van der Waals surface area contributed by atoms with Gasteiger partial charge in [-0.3, -0.25) is 9.79 Å². The predicted molar refractivity (Wildman–Crippen MR) is 139 cm³/mol. The van der Waals surface area contributed by atoms with E-state index in [-0.39, 0.29) is 36.5 Å². The van der Waals surface area contributed by atoms with Crippen LogP contribution in [0.25, 0.3) is 0 Å². The summed E-state index contributed by atoms with van der Waals surface area (Å²) in [5, 5.41) is 9.54. The minimum absolute atomic E-state index is 0. The van der Waals surface area contributed by atoms with Crippen molar-refractivity contribution in [2.45, 2.75) is 45.3 Å². The third-order valence-electron chi connectivity index (χ3n) is 4.83. The van der Waals surface area contributed by atoms with Crippen molar-refractivity contribution in [2.75, 3.05) is 32.8 Å². The smallest absolute Gasteiger partial charge is 0.258 e. The topological polar surface area (TPSA) is 97.1 Å². The summed E-state index contributed by atoms with van der Waals surface area (Å²) >= 11 is 0. The van der Waals surface area contributed by atoms with Crippen molar-refractivity contribution in [1.29, 1.82) is 0 Å². The fraction of sp³-hybridized carbons (Fsp3) is 0.500. The van der Waals surface area contributed by atoms with Crippen molar-refractivity contribution in [3.8, 4) is 5.75 Å². The molecule has 33 heavy (non-hydrogen) atoms. The van der Waals surface area contributed by atoms with E-state index in [9.17, 15) is 4.79 Å². The van der Waals surface area contributed by atoms with E-state index >= 15 is 0 Å². The Hall–Kier alpha value is -2.27. The average Bonchev–Trinajstić information content (AvgIpc) is 3.45. The van der Waals surface area contributed by atoms with E-state index in [1.54, 1.807) is 6.26 Å². The van der Waals surface area contributed by atoms with Crippen LogP contribution in [-0.4, -0.2) is 50.8 Å². The van der Waals surface area contributed by atoms with Crippen LogP contribution in [0.4, 0.5) is 0 Å². The molecule has 0 aliphatic heterocycles. The summed E-state index contributed by atoms with van der Waals surface area (Å²) in [5.74, 6) is 2.29.